The Morgan fingerprint density at radius 2 is 1.79 bits per heavy atom. The number of hydrogen-bond acceptors (Lipinski definition) is 2. The first kappa shape index (κ1) is 21.1. The summed E-state index contributed by atoms with van der Waals surface area (Å²) in [6.45, 7) is 4.96. The average Bonchev–Trinajstić information content (AvgIpc) is 2.93. The summed E-state index contributed by atoms with van der Waals surface area (Å²) in [4.78, 5) is 11.9. The Kier molecular flexibility index (Phi) is 6.72. The maximum absolute atomic E-state index is 14.2. The summed E-state index contributed by atoms with van der Waals surface area (Å²) < 4.78 is 16.1. The SMILES string of the molecule is Cc1c(CNCCc2ccccc2)c(C(=O)O)c(C)n1Cc1c(F)cccc1Cl. The molecule has 152 valence electrons. The molecule has 0 saturated carbocycles. The second-order valence-corrected chi connectivity index (χ2v) is 7.44. The molecule has 0 aliphatic rings. The molecule has 2 N–H and O–H groups in total. The summed E-state index contributed by atoms with van der Waals surface area (Å²) in [5.41, 5.74) is 3.95. The van der Waals surface area contributed by atoms with Gasteiger partial charge in [0.15, 0.2) is 0 Å². The minimum absolute atomic E-state index is 0.188. The number of hydrogen-bond donors (Lipinski definition) is 2. The van der Waals surface area contributed by atoms with Crippen LogP contribution in [0.4, 0.5) is 4.39 Å². The van der Waals surface area contributed by atoms with Crippen LogP contribution in [-0.4, -0.2) is 22.2 Å². The van der Waals surface area contributed by atoms with Gasteiger partial charge in [-0.05, 0) is 44.5 Å². The summed E-state index contributed by atoms with van der Waals surface area (Å²) in [7, 11) is 0. The number of carbonyl (C=O) groups is 1. The highest BCUT2D eigenvalue weighted by molar-refractivity contribution is 6.31. The van der Waals surface area contributed by atoms with Crippen LogP contribution in [-0.2, 0) is 19.5 Å². The van der Waals surface area contributed by atoms with E-state index < -0.39 is 11.8 Å². The smallest absolute Gasteiger partial charge is 0.337 e. The van der Waals surface area contributed by atoms with Crippen molar-refractivity contribution in [2.24, 2.45) is 0 Å². The van der Waals surface area contributed by atoms with Crippen molar-refractivity contribution in [1.82, 2.24) is 9.88 Å². The van der Waals surface area contributed by atoms with Gasteiger partial charge < -0.3 is 15.0 Å². The number of aromatic carboxylic acids is 1. The van der Waals surface area contributed by atoms with Gasteiger partial charge in [0.2, 0.25) is 0 Å². The topological polar surface area (TPSA) is 54.3 Å². The third kappa shape index (κ3) is 4.69. The fraction of sp³-hybridized carbons (Fsp3) is 0.261. The van der Waals surface area contributed by atoms with Gasteiger partial charge in [-0.15, -0.1) is 0 Å². The number of benzene rings is 2. The summed E-state index contributed by atoms with van der Waals surface area (Å²) in [6.07, 6.45) is 0.854. The average molecular weight is 415 g/mol. The lowest BCUT2D eigenvalue weighted by Gasteiger charge is -2.12. The number of nitrogens with zero attached hydrogens (tertiary/aromatic N) is 1. The summed E-state index contributed by atoms with van der Waals surface area (Å²) in [5.74, 6) is -1.38. The standard InChI is InChI=1S/C23H24ClFN2O2/c1-15-18(13-26-12-11-17-7-4-3-5-8-17)22(23(28)29)16(2)27(15)14-19-20(24)9-6-10-21(19)25/h3-10,26H,11-14H2,1-2H3,(H,28,29). The lowest BCUT2D eigenvalue weighted by Crippen LogP contribution is -2.18. The van der Waals surface area contributed by atoms with Crippen molar-refractivity contribution in [2.75, 3.05) is 6.54 Å². The van der Waals surface area contributed by atoms with E-state index in [1.165, 1.54) is 11.6 Å². The predicted octanol–water partition coefficient (Wildman–Crippen LogP) is 4.98. The number of carboxylic acid groups (broad SMARTS) is 1. The van der Waals surface area contributed by atoms with Crippen LogP contribution < -0.4 is 5.32 Å². The van der Waals surface area contributed by atoms with Crippen molar-refractivity contribution in [2.45, 2.75) is 33.4 Å². The van der Waals surface area contributed by atoms with Crippen LogP contribution in [0.2, 0.25) is 5.02 Å². The van der Waals surface area contributed by atoms with Crippen LogP contribution in [0.3, 0.4) is 0 Å². The summed E-state index contributed by atoms with van der Waals surface area (Å²) >= 11 is 6.17. The third-order valence-corrected chi connectivity index (χ3v) is 5.59. The first-order valence-electron chi connectivity index (χ1n) is 9.49. The van der Waals surface area contributed by atoms with E-state index in [1.807, 2.05) is 29.7 Å². The molecule has 0 unspecified atom stereocenters. The van der Waals surface area contributed by atoms with E-state index in [1.54, 1.807) is 19.1 Å². The third-order valence-electron chi connectivity index (χ3n) is 5.24. The van der Waals surface area contributed by atoms with Crippen LogP contribution in [0.1, 0.15) is 38.4 Å². The van der Waals surface area contributed by atoms with Crippen LogP contribution >= 0.6 is 11.6 Å². The Morgan fingerprint density at radius 3 is 2.45 bits per heavy atom. The zero-order valence-corrected chi connectivity index (χ0v) is 17.3. The number of rotatable bonds is 8. The molecular formula is C23H24ClFN2O2. The zero-order valence-electron chi connectivity index (χ0n) is 16.5. The molecule has 0 saturated heterocycles. The first-order valence-corrected chi connectivity index (χ1v) is 9.87. The minimum Gasteiger partial charge on any atom is -0.478 e. The Hall–Kier alpha value is -2.63. The zero-order chi connectivity index (χ0) is 21.0. The van der Waals surface area contributed by atoms with Crippen molar-refractivity contribution in [1.29, 1.82) is 0 Å². The normalized spacial score (nSPS) is 11.0. The van der Waals surface area contributed by atoms with Gasteiger partial charge >= 0.3 is 5.97 Å². The van der Waals surface area contributed by atoms with Crippen molar-refractivity contribution in [3.05, 3.63) is 93.0 Å². The highest BCUT2D eigenvalue weighted by Gasteiger charge is 2.23. The van der Waals surface area contributed by atoms with Gasteiger partial charge in [0.25, 0.3) is 0 Å². The molecule has 29 heavy (non-hydrogen) atoms. The summed E-state index contributed by atoms with van der Waals surface area (Å²) in [6, 6.07) is 14.7. The Labute approximate surface area is 174 Å². The van der Waals surface area contributed by atoms with E-state index in [-0.39, 0.29) is 12.1 Å². The number of halogens is 2. The minimum atomic E-state index is -0.983. The molecule has 0 bridgehead atoms. The predicted molar refractivity (Wildman–Crippen MR) is 113 cm³/mol. The molecule has 0 amide bonds. The van der Waals surface area contributed by atoms with E-state index in [4.69, 9.17) is 11.6 Å². The maximum atomic E-state index is 14.2. The number of nitrogens with one attached hydrogen (secondary N) is 1. The van der Waals surface area contributed by atoms with Crippen LogP contribution in [0.25, 0.3) is 0 Å². The van der Waals surface area contributed by atoms with Gasteiger partial charge in [0, 0.05) is 34.1 Å². The van der Waals surface area contributed by atoms with Gasteiger partial charge in [-0.2, -0.15) is 0 Å². The van der Waals surface area contributed by atoms with E-state index in [0.29, 0.717) is 22.8 Å². The maximum Gasteiger partial charge on any atom is 0.337 e. The molecule has 3 rings (SSSR count). The Bertz CT molecular complexity index is 995. The van der Waals surface area contributed by atoms with Gasteiger partial charge in [0.1, 0.15) is 5.82 Å². The van der Waals surface area contributed by atoms with Crippen LogP contribution in [0, 0.1) is 19.7 Å². The monoisotopic (exact) mass is 414 g/mol. The summed E-state index contributed by atoms with van der Waals surface area (Å²) in [5, 5.41) is 13.4. The van der Waals surface area contributed by atoms with E-state index in [0.717, 1.165) is 24.2 Å². The van der Waals surface area contributed by atoms with Crippen LogP contribution in [0.15, 0.2) is 48.5 Å². The Morgan fingerprint density at radius 1 is 1.07 bits per heavy atom. The molecule has 1 aromatic heterocycles. The molecule has 0 atom stereocenters. The fourth-order valence-electron chi connectivity index (χ4n) is 3.62. The van der Waals surface area contributed by atoms with Crippen molar-refractivity contribution >= 4 is 17.6 Å². The molecule has 0 aliphatic carbocycles. The van der Waals surface area contributed by atoms with Gasteiger partial charge in [-0.25, -0.2) is 9.18 Å². The van der Waals surface area contributed by atoms with E-state index in [2.05, 4.69) is 17.4 Å². The van der Waals surface area contributed by atoms with Crippen molar-refractivity contribution in [3.8, 4) is 0 Å². The highest BCUT2D eigenvalue weighted by atomic mass is 35.5. The van der Waals surface area contributed by atoms with E-state index >= 15 is 0 Å². The molecule has 0 spiro atoms. The lowest BCUT2D eigenvalue weighted by molar-refractivity contribution is 0.0694. The number of carboxylic acids is 1. The van der Waals surface area contributed by atoms with Crippen LogP contribution in [0.5, 0.6) is 0 Å². The molecule has 3 aromatic rings. The van der Waals surface area contributed by atoms with Crippen molar-refractivity contribution in [3.63, 3.8) is 0 Å². The first-order chi connectivity index (χ1) is 13.9. The van der Waals surface area contributed by atoms with Crippen molar-refractivity contribution < 1.29 is 14.3 Å². The fourth-order valence-corrected chi connectivity index (χ4v) is 3.84. The lowest BCUT2D eigenvalue weighted by atomic mass is 10.1. The largest absolute Gasteiger partial charge is 0.478 e. The van der Waals surface area contributed by atoms with E-state index in [9.17, 15) is 14.3 Å². The molecule has 1 heterocycles. The van der Waals surface area contributed by atoms with Gasteiger partial charge in [0.05, 0.1) is 12.1 Å². The second kappa shape index (κ2) is 9.25. The second-order valence-electron chi connectivity index (χ2n) is 7.03. The number of aromatic nitrogens is 1. The highest BCUT2D eigenvalue weighted by Crippen LogP contribution is 2.27. The van der Waals surface area contributed by atoms with Gasteiger partial charge in [-0.1, -0.05) is 48.0 Å². The molecule has 6 heteroatoms. The molecule has 0 fully saturated rings. The molecule has 4 nitrogen and oxygen atoms in total. The van der Waals surface area contributed by atoms with Gasteiger partial charge in [-0.3, -0.25) is 0 Å². The molecular weight excluding hydrogens is 391 g/mol. The quantitative estimate of drug-likeness (QED) is 0.511. The molecule has 0 aliphatic heterocycles. The molecule has 0 radical (unpaired) electrons. The molecule has 2 aromatic carbocycles. The Balaban J connectivity index is 1.81.